The average molecular weight is 512 g/mol. The highest BCUT2D eigenvalue weighted by molar-refractivity contribution is 6.01. The van der Waals surface area contributed by atoms with Gasteiger partial charge in [0.05, 0.1) is 36.8 Å². The summed E-state index contributed by atoms with van der Waals surface area (Å²) < 4.78 is 7.34. The first kappa shape index (κ1) is 23.1. The third-order valence-electron chi connectivity index (χ3n) is 7.21. The van der Waals surface area contributed by atoms with Gasteiger partial charge in [-0.1, -0.05) is 54.6 Å². The maximum Gasteiger partial charge on any atom is 0.159 e. The number of para-hydroxylation sites is 1. The number of fused-ring (bicyclic) bond motifs is 3. The van der Waals surface area contributed by atoms with Gasteiger partial charge >= 0.3 is 0 Å². The lowest BCUT2D eigenvalue weighted by Gasteiger charge is -2.08. The summed E-state index contributed by atoms with van der Waals surface area (Å²) >= 11 is 0. The molecule has 39 heavy (non-hydrogen) atoms. The molecule has 2 N–H and O–H groups in total. The van der Waals surface area contributed by atoms with Gasteiger partial charge in [-0.05, 0) is 46.8 Å². The number of H-pyrrole nitrogens is 1. The maximum absolute atomic E-state index is 9.85. The Bertz CT molecular complexity index is 1970. The number of imidazole rings is 1. The summed E-state index contributed by atoms with van der Waals surface area (Å²) in [5.74, 6) is 1.48. The summed E-state index contributed by atoms with van der Waals surface area (Å²) in [6.45, 7) is 0.518. The lowest BCUT2D eigenvalue weighted by Crippen LogP contribution is -2.02. The first-order chi connectivity index (χ1) is 19.2. The van der Waals surface area contributed by atoms with Crippen molar-refractivity contribution in [2.75, 3.05) is 7.11 Å². The van der Waals surface area contributed by atoms with Gasteiger partial charge in [-0.2, -0.15) is 5.10 Å². The smallest absolute Gasteiger partial charge is 0.159 e. The molecular weight excluding hydrogens is 486 g/mol. The summed E-state index contributed by atoms with van der Waals surface area (Å²) in [4.78, 5) is 12.8. The van der Waals surface area contributed by atoms with Crippen LogP contribution in [0.15, 0.2) is 97.3 Å². The number of aliphatic hydroxyl groups is 1. The second kappa shape index (κ2) is 9.38. The number of ether oxygens (including phenoxy) is 1. The van der Waals surface area contributed by atoms with Crippen LogP contribution in [-0.4, -0.2) is 36.9 Å². The number of hydrogen-bond acceptors (Lipinski definition) is 5. The van der Waals surface area contributed by atoms with E-state index in [1.165, 1.54) is 0 Å². The van der Waals surface area contributed by atoms with Crippen molar-refractivity contribution in [3.63, 3.8) is 0 Å². The number of aromatic amines is 1. The number of benzene rings is 4. The minimum Gasteiger partial charge on any atom is -0.497 e. The van der Waals surface area contributed by atoms with Crippen LogP contribution in [0.2, 0.25) is 0 Å². The quantitative estimate of drug-likeness (QED) is 0.272. The average Bonchev–Trinajstić information content (AvgIpc) is 3.58. The highest BCUT2D eigenvalue weighted by atomic mass is 16.5. The molecule has 7 heteroatoms. The zero-order chi connectivity index (χ0) is 26.3. The molecule has 0 atom stereocenters. The molecule has 4 aromatic carbocycles. The van der Waals surface area contributed by atoms with Gasteiger partial charge in [-0.15, -0.1) is 0 Å². The zero-order valence-electron chi connectivity index (χ0n) is 21.3. The van der Waals surface area contributed by atoms with E-state index in [-0.39, 0.29) is 6.61 Å². The molecule has 0 aliphatic rings. The predicted octanol–water partition coefficient (Wildman–Crippen LogP) is 6.34. The van der Waals surface area contributed by atoms with Crippen LogP contribution < -0.4 is 4.74 Å². The number of methoxy groups -OCH3 is 1. The number of aliphatic hydroxyl groups excluding tert-OH is 1. The molecule has 7 aromatic rings. The van der Waals surface area contributed by atoms with E-state index in [2.05, 4.69) is 58.5 Å². The van der Waals surface area contributed by atoms with Crippen molar-refractivity contribution in [2.24, 2.45) is 0 Å². The number of aromatic nitrogens is 5. The predicted molar refractivity (Wildman–Crippen MR) is 154 cm³/mol. The molecule has 3 heterocycles. The van der Waals surface area contributed by atoms with Gasteiger partial charge in [0.25, 0.3) is 0 Å². The third kappa shape index (κ3) is 4.00. The summed E-state index contributed by atoms with van der Waals surface area (Å²) in [7, 11) is 1.67. The Labute approximate surface area is 224 Å². The first-order valence-electron chi connectivity index (χ1n) is 12.8. The van der Waals surface area contributed by atoms with Crippen LogP contribution in [0.5, 0.6) is 5.75 Å². The molecule has 3 aromatic heterocycles. The first-order valence-corrected chi connectivity index (χ1v) is 12.8. The van der Waals surface area contributed by atoms with Gasteiger partial charge in [0.15, 0.2) is 5.82 Å². The van der Waals surface area contributed by atoms with Crippen molar-refractivity contribution >= 4 is 32.7 Å². The van der Waals surface area contributed by atoms with E-state index in [1.807, 2.05) is 53.5 Å². The lowest BCUT2D eigenvalue weighted by atomic mass is 9.99. The molecule has 0 aliphatic carbocycles. The standard InChI is InChI=1S/C32H25N5O2/c1-39-24-12-9-20(10-13-24)18-37-29-14-11-21(27-17-33-16-22-5-2-3-7-25(22)27)15-26(29)31(36-37)32-34-28-8-4-6-23(19-38)30(28)35-32/h2-17,38H,18-19H2,1H3,(H,34,35). The molecule has 0 bridgehead atoms. The summed E-state index contributed by atoms with van der Waals surface area (Å²) in [5, 5.41) is 18.1. The summed E-state index contributed by atoms with van der Waals surface area (Å²) in [6.07, 6.45) is 3.81. The van der Waals surface area contributed by atoms with Gasteiger partial charge in [0.2, 0.25) is 0 Å². The summed E-state index contributed by atoms with van der Waals surface area (Å²) in [5.41, 5.74) is 7.39. The molecule has 0 aliphatic heterocycles. The van der Waals surface area contributed by atoms with Crippen molar-refractivity contribution in [2.45, 2.75) is 13.2 Å². The van der Waals surface area contributed by atoms with Crippen LogP contribution in [0.25, 0.3) is 55.4 Å². The number of nitrogens with zero attached hydrogens (tertiary/aromatic N) is 4. The van der Waals surface area contributed by atoms with E-state index in [1.54, 1.807) is 7.11 Å². The molecule has 0 spiro atoms. The largest absolute Gasteiger partial charge is 0.497 e. The van der Waals surface area contributed by atoms with Crippen molar-refractivity contribution in [1.29, 1.82) is 0 Å². The van der Waals surface area contributed by atoms with Gasteiger partial charge in [0.1, 0.15) is 11.4 Å². The topological polar surface area (TPSA) is 88.9 Å². The Morgan fingerprint density at radius 3 is 2.62 bits per heavy atom. The summed E-state index contributed by atoms with van der Waals surface area (Å²) in [6, 6.07) is 28.5. The van der Waals surface area contributed by atoms with Gasteiger partial charge in [0, 0.05) is 34.3 Å². The molecule has 7 rings (SSSR count). The molecule has 0 fully saturated rings. The zero-order valence-corrected chi connectivity index (χ0v) is 21.3. The fourth-order valence-corrected chi connectivity index (χ4v) is 5.22. The second-order valence-electron chi connectivity index (χ2n) is 9.55. The highest BCUT2D eigenvalue weighted by Crippen LogP contribution is 2.35. The van der Waals surface area contributed by atoms with Crippen LogP contribution in [0.3, 0.4) is 0 Å². The van der Waals surface area contributed by atoms with Crippen LogP contribution in [0.1, 0.15) is 11.1 Å². The Balaban J connectivity index is 1.43. The Hall–Kier alpha value is -5.01. The lowest BCUT2D eigenvalue weighted by molar-refractivity contribution is 0.283. The van der Waals surface area contributed by atoms with Crippen LogP contribution >= 0.6 is 0 Å². The second-order valence-corrected chi connectivity index (χ2v) is 9.55. The minimum absolute atomic E-state index is 0.0769. The molecule has 0 amide bonds. The molecule has 190 valence electrons. The fourth-order valence-electron chi connectivity index (χ4n) is 5.22. The number of nitrogens with one attached hydrogen (secondary N) is 1. The van der Waals surface area contributed by atoms with E-state index in [4.69, 9.17) is 14.8 Å². The fraction of sp³-hybridized carbons (Fsp3) is 0.0938. The SMILES string of the molecule is COc1ccc(Cn2nc(-c3nc4c(CO)cccc4[nH]3)c3cc(-c4cncc5ccccc45)ccc32)cc1. The van der Waals surface area contributed by atoms with Crippen molar-refractivity contribution in [3.8, 4) is 28.4 Å². The van der Waals surface area contributed by atoms with Crippen molar-refractivity contribution in [1.82, 2.24) is 24.7 Å². The highest BCUT2D eigenvalue weighted by Gasteiger charge is 2.18. The van der Waals surface area contributed by atoms with Gasteiger partial charge < -0.3 is 14.8 Å². The van der Waals surface area contributed by atoms with E-state index in [0.717, 1.165) is 66.4 Å². The van der Waals surface area contributed by atoms with E-state index >= 15 is 0 Å². The monoisotopic (exact) mass is 511 g/mol. The number of rotatable bonds is 6. The Morgan fingerprint density at radius 2 is 1.77 bits per heavy atom. The van der Waals surface area contributed by atoms with Crippen LogP contribution in [-0.2, 0) is 13.2 Å². The van der Waals surface area contributed by atoms with E-state index in [0.29, 0.717) is 12.4 Å². The number of pyridine rings is 1. The van der Waals surface area contributed by atoms with Gasteiger partial charge in [-0.25, -0.2) is 4.98 Å². The van der Waals surface area contributed by atoms with E-state index < -0.39 is 0 Å². The molecule has 0 saturated heterocycles. The Morgan fingerprint density at radius 1 is 0.897 bits per heavy atom. The van der Waals surface area contributed by atoms with Crippen molar-refractivity contribution in [3.05, 3.63) is 108 Å². The molecule has 0 unspecified atom stereocenters. The molecular formula is C32H25N5O2. The molecule has 0 radical (unpaired) electrons. The van der Waals surface area contributed by atoms with E-state index in [9.17, 15) is 5.11 Å². The molecule has 7 nitrogen and oxygen atoms in total. The molecule has 0 saturated carbocycles. The normalized spacial score (nSPS) is 11.5. The van der Waals surface area contributed by atoms with Crippen LogP contribution in [0, 0.1) is 0 Å². The maximum atomic E-state index is 9.85. The van der Waals surface area contributed by atoms with Crippen LogP contribution in [0.4, 0.5) is 0 Å². The van der Waals surface area contributed by atoms with Crippen molar-refractivity contribution < 1.29 is 9.84 Å². The third-order valence-corrected chi connectivity index (χ3v) is 7.21. The Kier molecular flexibility index (Phi) is 5.56. The minimum atomic E-state index is -0.0769. The number of hydrogen-bond donors (Lipinski definition) is 2. The van der Waals surface area contributed by atoms with Gasteiger partial charge in [-0.3, -0.25) is 9.67 Å².